The van der Waals surface area contributed by atoms with E-state index in [1.807, 2.05) is 0 Å². The topological polar surface area (TPSA) is 29.3 Å². The largest absolute Gasteiger partial charge is 0.329 e. The van der Waals surface area contributed by atoms with Crippen LogP contribution in [0.15, 0.2) is 0 Å². The number of hydrogen-bond acceptors (Lipinski definition) is 2. The summed E-state index contributed by atoms with van der Waals surface area (Å²) >= 11 is 0. The zero-order chi connectivity index (χ0) is 9.90. The lowest BCUT2D eigenvalue weighted by Crippen LogP contribution is -2.51. The zero-order valence-corrected chi connectivity index (χ0v) is 9.34. The van der Waals surface area contributed by atoms with Crippen LogP contribution in [0, 0.1) is 5.92 Å². The second kappa shape index (κ2) is 4.43. The van der Waals surface area contributed by atoms with Crippen molar-refractivity contribution in [2.45, 2.75) is 45.1 Å². The Bertz CT molecular complexity index is 148. The molecule has 78 valence electrons. The van der Waals surface area contributed by atoms with Gasteiger partial charge in [-0.3, -0.25) is 4.90 Å². The fourth-order valence-corrected chi connectivity index (χ4v) is 1.85. The maximum absolute atomic E-state index is 5.81. The second-order valence-electron chi connectivity index (χ2n) is 4.73. The van der Waals surface area contributed by atoms with E-state index in [2.05, 4.69) is 25.8 Å². The second-order valence-corrected chi connectivity index (χ2v) is 4.73. The standard InChI is InChI=1S/C11H24N2/c1-4-11(2,9-12)13(3)8-10-6-5-7-10/h10H,4-9,12H2,1-3H3. The lowest BCUT2D eigenvalue weighted by molar-refractivity contribution is 0.0951. The van der Waals surface area contributed by atoms with E-state index in [9.17, 15) is 0 Å². The SMILES string of the molecule is CCC(C)(CN)N(C)CC1CCC1. The Kier molecular flexibility index (Phi) is 3.74. The summed E-state index contributed by atoms with van der Waals surface area (Å²) in [6.45, 7) is 6.50. The quantitative estimate of drug-likeness (QED) is 0.706. The van der Waals surface area contributed by atoms with Crippen LogP contribution in [0.3, 0.4) is 0 Å². The minimum Gasteiger partial charge on any atom is -0.329 e. The summed E-state index contributed by atoms with van der Waals surface area (Å²) in [5.74, 6) is 0.947. The maximum atomic E-state index is 5.81. The van der Waals surface area contributed by atoms with E-state index in [4.69, 9.17) is 5.73 Å². The van der Waals surface area contributed by atoms with Crippen molar-refractivity contribution < 1.29 is 0 Å². The van der Waals surface area contributed by atoms with Gasteiger partial charge in [-0.25, -0.2) is 0 Å². The highest BCUT2D eigenvalue weighted by atomic mass is 15.2. The lowest BCUT2D eigenvalue weighted by atomic mass is 9.84. The molecule has 0 spiro atoms. The van der Waals surface area contributed by atoms with Crippen molar-refractivity contribution >= 4 is 0 Å². The molecule has 0 radical (unpaired) electrons. The van der Waals surface area contributed by atoms with E-state index in [1.165, 1.54) is 25.8 Å². The Morgan fingerprint density at radius 3 is 2.38 bits per heavy atom. The molecular formula is C11H24N2. The van der Waals surface area contributed by atoms with Crippen molar-refractivity contribution in [2.24, 2.45) is 11.7 Å². The Hall–Kier alpha value is -0.0800. The molecule has 0 heterocycles. The molecule has 1 atom stereocenters. The number of nitrogens with zero attached hydrogens (tertiary/aromatic N) is 1. The normalized spacial score (nSPS) is 22.8. The summed E-state index contributed by atoms with van der Waals surface area (Å²) in [5.41, 5.74) is 6.03. The first-order valence-electron chi connectivity index (χ1n) is 5.53. The molecule has 13 heavy (non-hydrogen) atoms. The molecule has 1 fully saturated rings. The highest BCUT2D eigenvalue weighted by Crippen LogP contribution is 2.29. The predicted octanol–water partition coefficient (Wildman–Crippen LogP) is 1.85. The van der Waals surface area contributed by atoms with Crippen LogP contribution >= 0.6 is 0 Å². The van der Waals surface area contributed by atoms with Crippen molar-refractivity contribution in [2.75, 3.05) is 20.1 Å². The molecule has 2 nitrogen and oxygen atoms in total. The third-order valence-corrected chi connectivity index (χ3v) is 3.88. The molecule has 1 unspecified atom stereocenters. The molecule has 0 bridgehead atoms. The number of likely N-dealkylation sites (N-methyl/N-ethyl adjacent to an activating group) is 1. The molecule has 1 rings (SSSR count). The molecule has 2 N–H and O–H groups in total. The van der Waals surface area contributed by atoms with Crippen molar-refractivity contribution in [3.05, 3.63) is 0 Å². The van der Waals surface area contributed by atoms with Gasteiger partial charge in [0, 0.05) is 18.6 Å². The first-order valence-corrected chi connectivity index (χ1v) is 5.53. The molecule has 0 amide bonds. The Labute approximate surface area is 82.5 Å². The average Bonchev–Trinajstić information content (AvgIpc) is 2.09. The first-order chi connectivity index (χ1) is 6.12. The van der Waals surface area contributed by atoms with E-state index in [1.54, 1.807) is 0 Å². The molecular weight excluding hydrogens is 160 g/mol. The minimum absolute atomic E-state index is 0.218. The average molecular weight is 184 g/mol. The highest BCUT2D eigenvalue weighted by molar-refractivity contribution is 4.86. The Morgan fingerprint density at radius 2 is 2.08 bits per heavy atom. The van der Waals surface area contributed by atoms with Gasteiger partial charge in [0.05, 0.1) is 0 Å². The van der Waals surface area contributed by atoms with Gasteiger partial charge in [-0.15, -0.1) is 0 Å². The molecule has 1 saturated carbocycles. The van der Waals surface area contributed by atoms with Gasteiger partial charge in [-0.1, -0.05) is 13.3 Å². The molecule has 0 saturated heterocycles. The third-order valence-electron chi connectivity index (χ3n) is 3.88. The predicted molar refractivity (Wildman–Crippen MR) is 57.7 cm³/mol. The van der Waals surface area contributed by atoms with E-state index < -0.39 is 0 Å². The number of nitrogens with two attached hydrogens (primary N) is 1. The van der Waals surface area contributed by atoms with Gasteiger partial charge in [0.25, 0.3) is 0 Å². The first kappa shape index (κ1) is 11.0. The van der Waals surface area contributed by atoms with Gasteiger partial charge >= 0.3 is 0 Å². The van der Waals surface area contributed by atoms with Crippen LogP contribution in [-0.2, 0) is 0 Å². The molecule has 0 aliphatic heterocycles. The zero-order valence-electron chi connectivity index (χ0n) is 9.34. The van der Waals surface area contributed by atoms with E-state index in [-0.39, 0.29) is 5.54 Å². The molecule has 2 heteroatoms. The van der Waals surface area contributed by atoms with Crippen LogP contribution in [0.25, 0.3) is 0 Å². The van der Waals surface area contributed by atoms with E-state index in [0.29, 0.717) is 0 Å². The Balaban J connectivity index is 2.38. The van der Waals surface area contributed by atoms with Gasteiger partial charge in [-0.05, 0) is 39.2 Å². The van der Waals surface area contributed by atoms with Crippen LogP contribution < -0.4 is 5.73 Å². The van der Waals surface area contributed by atoms with Crippen molar-refractivity contribution in [3.63, 3.8) is 0 Å². The summed E-state index contributed by atoms with van der Waals surface area (Å²) in [7, 11) is 2.22. The van der Waals surface area contributed by atoms with Gasteiger partial charge in [0.15, 0.2) is 0 Å². The maximum Gasteiger partial charge on any atom is 0.0298 e. The number of hydrogen-bond donors (Lipinski definition) is 1. The van der Waals surface area contributed by atoms with Crippen LogP contribution in [0.2, 0.25) is 0 Å². The fraction of sp³-hybridized carbons (Fsp3) is 1.00. The molecule has 0 aromatic carbocycles. The number of rotatable bonds is 5. The summed E-state index contributed by atoms with van der Waals surface area (Å²) in [5, 5.41) is 0. The van der Waals surface area contributed by atoms with Gasteiger partial charge in [0.1, 0.15) is 0 Å². The summed E-state index contributed by atoms with van der Waals surface area (Å²) in [6.07, 6.45) is 5.43. The van der Waals surface area contributed by atoms with Crippen molar-refractivity contribution in [1.29, 1.82) is 0 Å². The van der Waals surface area contributed by atoms with E-state index in [0.717, 1.165) is 18.9 Å². The summed E-state index contributed by atoms with van der Waals surface area (Å²) in [6, 6.07) is 0. The Morgan fingerprint density at radius 1 is 1.46 bits per heavy atom. The fourth-order valence-electron chi connectivity index (χ4n) is 1.85. The lowest BCUT2D eigenvalue weighted by Gasteiger charge is -2.41. The van der Waals surface area contributed by atoms with Crippen LogP contribution in [0.1, 0.15) is 39.5 Å². The molecule has 0 aromatic rings. The molecule has 0 aromatic heterocycles. The van der Waals surface area contributed by atoms with Gasteiger partial charge in [0.2, 0.25) is 0 Å². The highest BCUT2D eigenvalue weighted by Gasteiger charge is 2.29. The molecule has 1 aliphatic carbocycles. The summed E-state index contributed by atoms with van der Waals surface area (Å²) < 4.78 is 0. The van der Waals surface area contributed by atoms with Crippen LogP contribution in [0.4, 0.5) is 0 Å². The molecule has 1 aliphatic rings. The van der Waals surface area contributed by atoms with Crippen molar-refractivity contribution in [3.8, 4) is 0 Å². The van der Waals surface area contributed by atoms with Crippen LogP contribution in [0.5, 0.6) is 0 Å². The minimum atomic E-state index is 0.218. The third kappa shape index (κ3) is 2.44. The van der Waals surface area contributed by atoms with E-state index >= 15 is 0 Å². The van der Waals surface area contributed by atoms with Gasteiger partial charge < -0.3 is 5.73 Å². The van der Waals surface area contributed by atoms with Crippen molar-refractivity contribution in [1.82, 2.24) is 4.90 Å². The van der Waals surface area contributed by atoms with Gasteiger partial charge in [-0.2, -0.15) is 0 Å². The smallest absolute Gasteiger partial charge is 0.0298 e. The van der Waals surface area contributed by atoms with Crippen LogP contribution in [-0.4, -0.2) is 30.6 Å². The monoisotopic (exact) mass is 184 g/mol. The summed E-state index contributed by atoms with van der Waals surface area (Å²) in [4.78, 5) is 2.46.